The van der Waals surface area contributed by atoms with Crippen LogP contribution in [-0.2, 0) is 16.5 Å². The van der Waals surface area contributed by atoms with Crippen LogP contribution in [0.5, 0.6) is 0 Å². The van der Waals surface area contributed by atoms with Gasteiger partial charge in [-0.1, -0.05) is 12.1 Å². The predicted octanol–water partition coefficient (Wildman–Crippen LogP) is 0.657. The highest BCUT2D eigenvalue weighted by Gasteiger charge is 2.08. The average molecular weight is 329 g/mol. The van der Waals surface area contributed by atoms with Gasteiger partial charge in [-0.2, -0.15) is 5.26 Å². The fourth-order valence-electron chi connectivity index (χ4n) is 1.55. The van der Waals surface area contributed by atoms with E-state index in [1.807, 2.05) is 36.1 Å². The molecule has 1 aromatic rings. The zero-order chi connectivity index (χ0) is 16.5. The number of thiocarbonyl (C=S) groups is 1. The van der Waals surface area contributed by atoms with Crippen molar-refractivity contribution in [3.05, 3.63) is 29.8 Å². The van der Waals surface area contributed by atoms with Crippen molar-refractivity contribution in [3.8, 4) is 6.07 Å². The van der Waals surface area contributed by atoms with Crippen molar-refractivity contribution >= 4 is 33.1 Å². The fourth-order valence-corrected chi connectivity index (χ4v) is 1.78. The first kappa shape index (κ1) is 19.5. The second-order valence-electron chi connectivity index (χ2n) is 4.17. The predicted molar refractivity (Wildman–Crippen MR) is 84.5 cm³/mol. The quantitative estimate of drug-likeness (QED) is 0.641. The molecule has 3 N–H and O–H groups in total. The van der Waals surface area contributed by atoms with Gasteiger partial charge in [0.25, 0.3) is 5.11 Å². The Morgan fingerprint density at radius 3 is 2.24 bits per heavy atom. The van der Waals surface area contributed by atoms with Crippen molar-refractivity contribution in [2.45, 2.75) is 19.8 Å². The molecule has 0 fully saturated rings. The summed E-state index contributed by atoms with van der Waals surface area (Å²) in [4.78, 5) is 1.98. The van der Waals surface area contributed by atoms with E-state index < -0.39 is 10.1 Å². The van der Waals surface area contributed by atoms with Gasteiger partial charge in [0.1, 0.15) is 0 Å². The van der Waals surface area contributed by atoms with E-state index in [4.69, 9.17) is 30.5 Å². The molecule has 0 amide bonds. The van der Waals surface area contributed by atoms with E-state index in [1.165, 1.54) is 5.56 Å². The van der Waals surface area contributed by atoms with Gasteiger partial charge in [0.2, 0.25) is 0 Å². The smallest absolute Gasteiger partial charge is 0.272 e. The van der Waals surface area contributed by atoms with Crippen molar-refractivity contribution < 1.29 is 18.7 Å². The summed E-state index contributed by atoms with van der Waals surface area (Å²) in [6, 6.07) is 10.3. The van der Waals surface area contributed by atoms with Crippen LogP contribution in [0.2, 0.25) is 0 Å². The molecule has 0 unspecified atom stereocenters. The molecule has 0 aromatic heterocycles. The van der Waals surface area contributed by atoms with Gasteiger partial charge in [0.15, 0.2) is 0 Å². The summed E-state index contributed by atoms with van der Waals surface area (Å²) in [6.07, 6.45) is 1.97. The Labute approximate surface area is 130 Å². The molecule has 8 heteroatoms. The third-order valence-corrected chi connectivity index (χ3v) is 2.61. The number of nitriles is 1. The maximum absolute atomic E-state index is 9.08. The maximum atomic E-state index is 9.08. The molecule has 0 spiro atoms. The second kappa shape index (κ2) is 9.41. The Morgan fingerprint density at radius 2 is 1.90 bits per heavy atom. The lowest BCUT2D eigenvalue weighted by Crippen LogP contribution is -2.64. The summed E-state index contributed by atoms with van der Waals surface area (Å²) in [7, 11) is -3.92. The average Bonchev–Trinajstić information content (AvgIpc) is 2.36. The first-order valence-electron chi connectivity index (χ1n) is 6.19. The summed E-state index contributed by atoms with van der Waals surface area (Å²) >= 11 is 5.07. The van der Waals surface area contributed by atoms with Gasteiger partial charge in [-0.3, -0.25) is 4.90 Å². The van der Waals surface area contributed by atoms with E-state index in [-0.39, 0.29) is 0 Å². The normalized spacial score (nSPS) is 10.0. The van der Waals surface area contributed by atoms with Crippen LogP contribution in [0.4, 0.5) is 5.69 Å². The van der Waals surface area contributed by atoms with Crippen LogP contribution in [0.1, 0.15) is 18.9 Å². The van der Waals surface area contributed by atoms with Crippen molar-refractivity contribution in [2.75, 3.05) is 17.7 Å². The molecular formula is C13H19N3O3S2. The van der Waals surface area contributed by atoms with Gasteiger partial charge >= 0.3 is 0 Å². The van der Waals surface area contributed by atoms with Crippen molar-refractivity contribution in [3.63, 3.8) is 0 Å². The lowest BCUT2D eigenvalue weighted by Gasteiger charge is -2.18. The van der Waals surface area contributed by atoms with Crippen molar-refractivity contribution in [1.29, 1.82) is 5.26 Å². The van der Waals surface area contributed by atoms with Crippen LogP contribution in [-0.4, -0.2) is 30.9 Å². The Balaban J connectivity index is 0.000000690. The molecule has 0 bridgehead atoms. The summed E-state index contributed by atoms with van der Waals surface area (Å²) in [5.41, 5.74) is 6.01. The third-order valence-electron chi connectivity index (χ3n) is 2.39. The van der Waals surface area contributed by atoms with Crippen LogP contribution < -0.4 is 10.6 Å². The second-order valence-corrected chi connectivity index (χ2v) is 6.05. The van der Waals surface area contributed by atoms with E-state index in [1.54, 1.807) is 0 Å². The van der Waals surface area contributed by atoms with E-state index in [9.17, 15) is 0 Å². The van der Waals surface area contributed by atoms with Crippen LogP contribution in [0.25, 0.3) is 0 Å². The largest absolute Gasteiger partial charge is 0.748 e. The highest BCUT2D eigenvalue weighted by Crippen LogP contribution is 2.15. The van der Waals surface area contributed by atoms with Crippen LogP contribution in [0.3, 0.4) is 0 Å². The Bertz CT molecular complexity index is 584. The molecule has 0 saturated heterocycles. The minimum atomic E-state index is -3.92. The summed E-state index contributed by atoms with van der Waals surface area (Å²) in [6.45, 7) is 2.86. The summed E-state index contributed by atoms with van der Waals surface area (Å²) in [5.74, 6) is 0. The first-order chi connectivity index (χ1) is 9.69. The molecule has 6 nitrogen and oxygen atoms in total. The number of nitrogens with zero attached hydrogens (tertiary/aromatic N) is 2. The van der Waals surface area contributed by atoms with Crippen molar-refractivity contribution in [1.82, 2.24) is 0 Å². The lowest BCUT2D eigenvalue weighted by atomic mass is 10.1. The summed E-state index contributed by atoms with van der Waals surface area (Å²) < 4.78 is 27.2. The number of anilines is 1. The van der Waals surface area contributed by atoms with Gasteiger partial charge in [-0.25, -0.2) is 8.42 Å². The zero-order valence-electron chi connectivity index (χ0n) is 12.1. The minimum Gasteiger partial charge on any atom is -0.748 e. The van der Waals surface area contributed by atoms with E-state index in [2.05, 4.69) is 11.8 Å². The van der Waals surface area contributed by atoms with E-state index in [0.29, 0.717) is 17.8 Å². The van der Waals surface area contributed by atoms with Gasteiger partial charge in [-0.15, -0.1) is 0 Å². The highest BCUT2D eigenvalue weighted by molar-refractivity contribution is 7.84. The standard InChI is InChI=1S/C12H15N3S.CH4O3S/c1-2-15(12(14)16)11-7-5-10(6-8-11)4-3-9-13;1-5(2,3)4/h5-8H,2-4H2,1H3,(H2,14,16);1H3,(H,2,3,4). The molecular weight excluding hydrogens is 310 g/mol. The van der Waals surface area contributed by atoms with Gasteiger partial charge in [-0.05, 0) is 31.0 Å². The van der Waals surface area contributed by atoms with Gasteiger partial charge < -0.3 is 10.3 Å². The molecule has 0 atom stereocenters. The number of quaternary nitrogens is 1. The molecule has 0 aliphatic rings. The lowest BCUT2D eigenvalue weighted by molar-refractivity contribution is -0.211. The molecule has 0 aliphatic heterocycles. The number of rotatable bonds is 4. The molecule has 0 saturated carbocycles. The molecule has 0 aliphatic carbocycles. The maximum Gasteiger partial charge on any atom is 0.272 e. The number of hydrogen-bond donors (Lipinski definition) is 1. The van der Waals surface area contributed by atoms with Crippen LogP contribution >= 0.6 is 12.2 Å². The number of aryl methyl sites for hydroxylation is 1. The van der Waals surface area contributed by atoms with Crippen molar-refractivity contribution in [2.24, 2.45) is 0 Å². The van der Waals surface area contributed by atoms with E-state index in [0.717, 1.165) is 18.7 Å². The van der Waals surface area contributed by atoms with Gasteiger partial charge in [0, 0.05) is 37.1 Å². The first-order valence-corrected chi connectivity index (χ1v) is 8.41. The van der Waals surface area contributed by atoms with Gasteiger partial charge in [0.05, 0.1) is 16.2 Å². The Hall–Kier alpha value is -1.53. The molecule has 0 heterocycles. The molecule has 116 valence electrons. The Morgan fingerprint density at radius 1 is 1.43 bits per heavy atom. The minimum absolute atomic E-state index is 0.560. The fraction of sp³-hybridized carbons (Fsp3) is 0.385. The summed E-state index contributed by atoms with van der Waals surface area (Å²) in [5, 5.41) is 9.13. The van der Waals surface area contributed by atoms with Crippen LogP contribution in [0.15, 0.2) is 24.3 Å². The number of hydrogen-bond acceptors (Lipinski definition) is 5. The third kappa shape index (κ3) is 9.92. The zero-order valence-corrected chi connectivity index (χ0v) is 13.7. The number of benzene rings is 1. The monoisotopic (exact) mass is 329 g/mol. The topological polar surface area (TPSA) is 112 Å². The van der Waals surface area contributed by atoms with Crippen LogP contribution in [0, 0.1) is 11.3 Å². The molecule has 1 rings (SSSR count). The Kier molecular flexibility index (Phi) is 8.73. The van der Waals surface area contributed by atoms with E-state index >= 15 is 0 Å². The SMILES string of the molecule is CCN(C([NH3+])=S)c1ccc(CCC#N)cc1.CS(=O)(=O)[O-]. The molecule has 21 heavy (non-hydrogen) atoms. The molecule has 1 aromatic carbocycles. The molecule has 0 radical (unpaired) electrons. The highest BCUT2D eigenvalue weighted by atomic mass is 32.2.